The van der Waals surface area contributed by atoms with Gasteiger partial charge >= 0.3 is 0 Å². The van der Waals surface area contributed by atoms with E-state index in [4.69, 9.17) is 4.98 Å². The highest BCUT2D eigenvalue weighted by molar-refractivity contribution is 5.73. The van der Waals surface area contributed by atoms with Crippen molar-refractivity contribution in [3.8, 4) is 0 Å². The first-order valence-electron chi connectivity index (χ1n) is 7.63. The van der Waals surface area contributed by atoms with Gasteiger partial charge in [0, 0.05) is 43.4 Å². The molecule has 2 aromatic heterocycles. The third-order valence-corrected chi connectivity index (χ3v) is 4.09. The van der Waals surface area contributed by atoms with Crippen LogP contribution >= 0.6 is 0 Å². The van der Waals surface area contributed by atoms with Gasteiger partial charge in [-0.05, 0) is 31.9 Å². The van der Waals surface area contributed by atoms with Gasteiger partial charge in [-0.1, -0.05) is 6.07 Å². The molecular weight excluding hydrogens is 278 g/mol. The SMILES string of the molecule is CC(=O)N1CCC(c2cccc(Nc3cc(C)[nH]n3)n2)CC1. The summed E-state index contributed by atoms with van der Waals surface area (Å²) in [5.41, 5.74) is 2.09. The lowest BCUT2D eigenvalue weighted by molar-refractivity contribution is -0.129. The maximum atomic E-state index is 11.4. The molecule has 3 heterocycles. The number of hydrogen-bond acceptors (Lipinski definition) is 4. The minimum Gasteiger partial charge on any atom is -0.343 e. The number of hydrogen-bond donors (Lipinski definition) is 2. The molecule has 1 aliphatic heterocycles. The number of piperidine rings is 1. The molecule has 2 N–H and O–H groups in total. The monoisotopic (exact) mass is 299 g/mol. The van der Waals surface area contributed by atoms with Gasteiger partial charge in [0.25, 0.3) is 0 Å². The minimum absolute atomic E-state index is 0.163. The van der Waals surface area contributed by atoms with Crippen LogP contribution in [-0.2, 0) is 4.79 Å². The molecule has 3 rings (SSSR count). The zero-order valence-corrected chi connectivity index (χ0v) is 13.0. The molecule has 22 heavy (non-hydrogen) atoms. The van der Waals surface area contributed by atoms with Crippen LogP contribution in [0.3, 0.4) is 0 Å². The summed E-state index contributed by atoms with van der Waals surface area (Å²) >= 11 is 0. The number of amides is 1. The van der Waals surface area contributed by atoms with E-state index in [9.17, 15) is 4.79 Å². The third-order valence-electron chi connectivity index (χ3n) is 4.09. The van der Waals surface area contributed by atoms with Crippen molar-refractivity contribution in [2.75, 3.05) is 18.4 Å². The smallest absolute Gasteiger partial charge is 0.219 e. The van der Waals surface area contributed by atoms with Gasteiger partial charge in [-0.2, -0.15) is 5.10 Å². The van der Waals surface area contributed by atoms with Crippen LogP contribution in [-0.4, -0.2) is 39.1 Å². The summed E-state index contributed by atoms with van der Waals surface area (Å²) in [6.07, 6.45) is 1.94. The Morgan fingerprint density at radius 3 is 2.73 bits per heavy atom. The fourth-order valence-electron chi connectivity index (χ4n) is 2.85. The van der Waals surface area contributed by atoms with Gasteiger partial charge in [0.05, 0.1) is 0 Å². The molecule has 1 aliphatic rings. The van der Waals surface area contributed by atoms with Gasteiger partial charge in [0.15, 0.2) is 5.82 Å². The Balaban J connectivity index is 1.68. The third kappa shape index (κ3) is 3.27. The summed E-state index contributed by atoms with van der Waals surface area (Å²) in [7, 11) is 0. The van der Waals surface area contributed by atoms with Gasteiger partial charge in [0.2, 0.25) is 5.91 Å². The summed E-state index contributed by atoms with van der Waals surface area (Å²) < 4.78 is 0. The van der Waals surface area contributed by atoms with Crippen LogP contribution in [0.15, 0.2) is 24.3 Å². The zero-order valence-electron chi connectivity index (χ0n) is 13.0. The van der Waals surface area contributed by atoms with Crippen LogP contribution in [0.5, 0.6) is 0 Å². The molecule has 0 unspecified atom stereocenters. The Bertz CT molecular complexity index is 658. The second kappa shape index (κ2) is 6.17. The number of rotatable bonds is 3. The standard InChI is InChI=1S/C16H21N5O/c1-11-10-16(20-19-11)18-15-5-3-4-14(17-15)13-6-8-21(9-7-13)12(2)22/h3-5,10,13H,6-9H2,1-2H3,(H2,17,18,19,20). The first-order chi connectivity index (χ1) is 10.6. The Morgan fingerprint density at radius 2 is 2.09 bits per heavy atom. The fourth-order valence-corrected chi connectivity index (χ4v) is 2.85. The molecule has 0 saturated carbocycles. The molecule has 0 radical (unpaired) electrons. The topological polar surface area (TPSA) is 73.9 Å². The van der Waals surface area contributed by atoms with E-state index < -0.39 is 0 Å². The summed E-state index contributed by atoms with van der Waals surface area (Å²) in [4.78, 5) is 18.0. The Kier molecular flexibility index (Phi) is 4.09. The zero-order chi connectivity index (χ0) is 15.5. The van der Waals surface area contributed by atoms with Crippen molar-refractivity contribution in [1.29, 1.82) is 0 Å². The molecule has 0 aromatic carbocycles. The number of aromatic nitrogens is 3. The molecule has 1 amide bonds. The van der Waals surface area contributed by atoms with E-state index in [-0.39, 0.29) is 5.91 Å². The molecule has 6 heteroatoms. The van der Waals surface area contributed by atoms with Crippen LogP contribution in [0.4, 0.5) is 11.6 Å². The highest BCUT2D eigenvalue weighted by Crippen LogP contribution is 2.27. The summed E-state index contributed by atoms with van der Waals surface area (Å²) in [6.45, 7) is 5.23. The average Bonchev–Trinajstić information content (AvgIpc) is 2.93. The summed E-state index contributed by atoms with van der Waals surface area (Å²) in [6, 6.07) is 7.97. The normalized spacial score (nSPS) is 15.8. The van der Waals surface area contributed by atoms with Crippen molar-refractivity contribution >= 4 is 17.5 Å². The molecule has 116 valence electrons. The Hall–Kier alpha value is -2.37. The number of nitrogens with zero attached hydrogens (tertiary/aromatic N) is 3. The van der Waals surface area contributed by atoms with E-state index in [0.29, 0.717) is 5.92 Å². The minimum atomic E-state index is 0.163. The number of carbonyl (C=O) groups is 1. The second-order valence-electron chi connectivity index (χ2n) is 5.79. The van der Waals surface area contributed by atoms with Crippen molar-refractivity contribution in [2.24, 2.45) is 0 Å². The predicted octanol–water partition coefficient (Wildman–Crippen LogP) is 2.58. The molecule has 0 bridgehead atoms. The number of carbonyl (C=O) groups excluding carboxylic acids is 1. The van der Waals surface area contributed by atoms with Crippen LogP contribution in [0.1, 0.15) is 37.1 Å². The van der Waals surface area contributed by atoms with Crippen molar-refractivity contribution in [3.05, 3.63) is 35.7 Å². The first-order valence-corrected chi connectivity index (χ1v) is 7.63. The average molecular weight is 299 g/mol. The Morgan fingerprint density at radius 1 is 1.32 bits per heavy atom. The summed E-state index contributed by atoms with van der Waals surface area (Å²) in [5, 5.41) is 10.3. The van der Waals surface area contributed by atoms with Crippen LogP contribution in [0, 0.1) is 6.92 Å². The fraction of sp³-hybridized carbons (Fsp3) is 0.438. The predicted molar refractivity (Wildman–Crippen MR) is 85.1 cm³/mol. The highest BCUT2D eigenvalue weighted by Gasteiger charge is 2.22. The molecule has 0 spiro atoms. The number of anilines is 2. The number of pyridine rings is 1. The number of aromatic amines is 1. The molecule has 1 fully saturated rings. The molecule has 0 atom stereocenters. The van der Waals surface area contributed by atoms with Crippen LogP contribution in [0.2, 0.25) is 0 Å². The van der Waals surface area contributed by atoms with Gasteiger partial charge < -0.3 is 10.2 Å². The quantitative estimate of drug-likeness (QED) is 0.913. The lowest BCUT2D eigenvalue weighted by atomic mass is 9.93. The number of H-pyrrole nitrogens is 1. The first kappa shape index (κ1) is 14.6. The Labute approximate surface area is 129 Å². The second-order valence-corrected chi connectivity index (χ2v) is 5.79. The maximum absolute atomic E-state index is 11.4. The highest BCUT2D eigenvalue weighted by atomic mass is 16.2. The van der Waals surface area contributed by atoms with Crippen molar-refractivity contribution in [1.82, 2.24) is 20.1 Å². The lowest BCUT2D eigenvalue weighted by Crippen LogP contribution is -2.36. The van der Waals surface area contributed by atoms with E-state index in [1.165, 1.54) is 0 Å². The maximum Gasteiger partial charge on any atom is 0.219 e. The number of nitrogens with one attached hydrogen (secondary N) is 2. The van der Waals surface area contributed by atoms with Crippen molar-refractivity contribution < 1.29 is 4.79 Å². The van der Waals surface area contributed by atoms with E-state index in [1.54, 1.807) is 6.92 Å². The molecule has 0 aliphatic carbocycles. The molecule has 2 aromatic rings. The lowest BCUT2D eigenvalue weighted by Gasteiger charge is -2.31. The van der Waals surface area contributed by atoms with E-state index >= 15 is 0 Å². The van der Waals surface area contributed by atoms with Gasteiger partial charge in [-0.3, -0.25) is 9.89 Å². The van der Waals surface area contributed by atoms with Gasteiger partial charge in [-0.15, -0.1) is 0 Å². The molecule has 1 saturated heterocycles. The van der Waals surface area contributed by atoms with Crippen molar-refractivity contribution in [3.63, 3.8) is 0 Å². The van der Waals surface area contributed by atoms with Gasteiger partial charge in [-0.25, -0.2) is 4.98 Å². The van der Waals surface area contributed by atoms with Gasteiger partial charge in [0.1, 0.15) is 5.82 Å². The van der Waals surface area contributed by atoms with Crippen molar-refractivity contribution in [2.45, 2.75) is 32.6 Å². The largest absolute Gasteiger partial charge is 0.343 e. The number of aryl methyl sites for hydroxylation is 1. The van der Waals surface area contributed by atoms with E-state index in [1.807, 2.05) is 30.0 Å². The summed E-state index contributed by atoms with van der Waals surface area (Å²) in [5.74, 6) is 2.15. The molecule has 6 nitrogen and oxygen atoms in total. The van der Waals surface area contributed by atoms with Crippen LogP contribution in [0.25, 0.3) is 0 Å². The number of likely N-dealkylation sites (tertiary alicyclic amines) is 1. The van der Waals surface area contributed by atoms with E-state index in [2.05, 4.69) is 21.6 Å². The molecular formula is C16H21N5O. The van der Waals surface area contributed by atoms with E-state index in [0.717, 1.165) is 49.0 Å². The van der Waals surface area contributed by atoms with Crippen LogP contribution < -0.4 is 5.32 Å².